The molecular formula is C16H15N3O3. The second-order valence-electron chi connectivity index (χ2n) is 4.77. The van der Waals surface area contributed by atoms with Crippen molar-refractivity contribution >= 4 is 11.6 Å². The zero-order valence-electron chi connectivity index (χ0n) is 12.0. The van der Waals surface area contributed by atoms with Crippen molar-refractivity contribution in [2.24, 2.45) is 5.10 Å². The first-order valence-corrected chi connectivity index (χ1v) is 6.87. The molecular weight excluding hydrogens is 282 g/mol. The fourth-order valence-corrected chi connectivity index (χ4v) is 2.02. The van der Waals surface area contributed by atoms with E-state index in [1.165, 1.54) is 0 Å². The van der Waals surface area contributed by atoms with Crippen molar-refractivity contribution in [1.29, 1.82) is 0 Å². The molecule has 2 heterocycles. The smallest absolute Gasteiger partial charge is 0.284 e. The number of carbonyl (C=O) groups excluding carboxylic acids is 1. The number of fused-ring (bicyclic) bond motifs is 1. The molecule has 1 atom stereocenters. The Morgan fingerprint density at radius 3 is 2.73 bits per heavy atom. The third-order valence-electron chi connectivity index (χ3n) is 3.23. The van der Waals surface area contributed by atoms with Crippen LogP contribution in [-0.4, -0.2) is 29.3 Å². The van der Waals surface area contributed by atoms with Gasteiger partial charge in [0.1, 0.15) is 6.61 Å². The first kappa shape index (κ1) is 14.1. The lowest BCUT2D eigenvalue weighted by molar-refractivity contribution is -0.130. The minimum atomic E-state index is -0.719. The molecule has 0 fully saturated rings. The van der Waals surface area contributed by atoms with Gasteiger partial charge in [-0.3, -0.25) is 9.78 Å². The molecule has 1 aliphatic heterocycles. The summed E-state index contributed by atoms with van der Waals surface area (Å²) in [7, 11) is 0. The van der Waals surface area contributed by atoms with Gasteiger partial charge in [0, 0.05) is 18.0 Å². The number of hydrogen-bond donors (Lipinski definition) is 1. The third kappa shape index (κ3) is 3.06. The number of hydrogen-bond acceptors (Lipinski definition) is 5. The Kier molecular flexibility index (Phi) is 4.00. The van der Waals surface area contributed by atoms with Gasteiger partial charge in [-0.15, -0.1) is 0 Å². The van der Waals surface area contributed by atoms with Crippen LogP contribution in [0.1, 0.15) is 12.5 Å². The van der Waals surface area contributed by atoms with Crippen molar-refractivity contribution in [3.63, 3.8) is 0 Å². The van der Waals surface area contributed by atoms with Gasteiger partial charge in [-0.2, -0.15) is 5.10 Å². The average Bonchev–Trinajstić information content (AvgIpc) is 2.59. The molecule has 6 nitrogen and oxygen atoms in total. The highest BCUT2D eigenvalue weighted by atomic mass is 16.6. The molecule has 0 aliphatic carbocycles. The predicted molar refractivity (Wildman–Crippen MR) is 80.9 cm³/mol. The number of ether oxygens (including phenoxy) is 2. The summed E-state index contributed by atoms with van der Waals surface area (Å²) < 4.78 is 11.1. The van der Waals surface area contributed by atoms with Gasteiger partial charge in [-0.1, -0.05) is 12.1 Å². The lowest BCUT2D eigenvalue weighted by Gasteiger charge is -2.24. The number of para-hydroxylation sites is 2. The molecule has 3 rings (SSSR count). The van der Waals surface area contributed by atoms with Gasteiger partial charge in [0.05, 0.1) is 5.71 Å². The van der Waals surface area contributed by atoms with Gasteiger partial charge in [0.25, 0.3) is 5.91 Å². The van der Waals surface area contributed by atoms with Gasteiger partial charge in [0.2, 0.25) is 6.10 Å². The summed E-state index contributed by atoms with van der Waals surface area (Å²) in [6.07, 6.45) is 2.63. The molecule has 1 amide bonds. The molecule has 22 heavy (non-hydrogen) atoms. The van der Waals surface area contributed by atoms with Crippen LogP contribution < -0.4 is 14.9 Å². The Labute approximate surface area is 127 Å². The van der Waals surface area contributed by atoms with E-state index in [2.05, 4.69) is 15.5 Å². The van der Waals surface area contributed by atoms with E-state index >= 15 is 0 Å². The summed E-state index contributed by atoms with van der Waals surface area (Å²) in [5, 5.41) is 4.08. The largest absolute Gasteiger partial charge is 0.485 e. The normalized spacial score (nSPS) is 17.0. The minimum Gasteiger partial charge on any atom is -0.485 e. The van der Waals surface area contributed by atoms with Crippen LogP contribution in [0.5, 0.6) is 11.5 Å². The van der Waals surface area contributed by atoms with Crippen LogP contribution in [0.25, 0.3) is 0 Å². The van der Waals surface area contributed by atoms with Crippen LogP contribution >= 0.6 is 0 Å². The fraction of sp³-hybridized carbons (Fsp3) is 0.188. The average molecular weight is 297 g/mol. The molecule has 2 aromatic rings. The lowest BCUT2D eigenvalue weighted by Crippen LogP contribution is -2.42. The highest BCUT2D eigenvalue weighted by Gasteiger charge is 2.27. The summed E-state index contributed by atoms with van der Waals surface area (Å²) in [6, 6.07) is 10.9. The van der Waals surface area contributed by atoms with Crippen LogP contribution in [0.4, 0.5) is 0 Å². The number of hydrazone groups is 1. The molecule has 0 saturated heterocycles. The number of nitrogens with one attached hydrogen (secondary N) is 1. The first-order chi connectivity index (χ1) is 10.7. The lowest BCUT2D eigenvalue weighted by atomic mass is 10.2. The number of nitrogens with zero attached hydrogens (tertiary/aromatic N) is 2. The van der Waals surface area contributed by atoms with Crippen LogP contribution in [-0.2, 0) is 4.79 Å². The summed E-state index contributed by atoms with van der Waals surface area (Å²) in [4.78, 5) is 16.0. The number of pyridine rings is 1. The van der Waals surface area contributed by atoms with Crippen molar-refractivity contribution in [2.45, 2.75) is 13.0 Å². The van der Waals surface area contributed by atoms with E-state index in [9.17, 15) is 4.79 Å². The highest BCUT2D eigenvalue weighted by molar-refractivity contribution is 5.99. The molecule has 1 N–H and O–H groups in total. The predicted octanol–water partition coefficient (Wildman–Crippen LogP) is 1.76. The van der Waals surface area contributed by atoms with Crippen molar-refractivity contribution in [2.75, 3.05) is 6.61 Å². The first-order valence-electron chi connectivity index (χ1n) is 6.87. The van der Waals surface area contributed by atoms with Gasteiger partial charge >= 0.3 is 0 Å². The standard InChI is InChI=1S/C16H15N3O3/c1-11(12-6-8-17-9-7-12)18-19-16(20)15-10-21-13-4-2-3-5-14(13)22-15/h2-9,15H,10H2,1H3,(H,19,20). The maximum Gasteiger partial charge on any atom is 0.284 e. The van der Waals surface area contributed by atoms with E-state index in [0.717, 1.165) is 5.56 Å². The van der Waals surface area contributed by atoms with Gasteiger partial charge in [-0.05, 0) is 31.2 Å². The van der Waals surface area contributed by atoms with Crippen LogP contribution in [0.2, 0.25) is 0 Å². The Morgan fingerprint density at radius 1 is 1.23 bits per heavy atom. The monoisotopic (exact) mass is 297 g/mol. The zero-order valence-corrected chi connectivity index (χ0v) is 12.0. The van der Waals surface area contributed by atoms with Gasteiger partial charge in [0.15, 0.2) is 11.5 Å². The third-order valence-corrected chi connectivity index (χ3v) is 3.23. The van der Waals surface area contributed by atoms with Gasteiger partial charge < -0.3 is 9.47 Å². The van der Waals surface area contributed by atoms with E-state index < -0.39 is 6.10 Å². The molecule has 0 spiro atoms. The van der Waals surface area contributed by atoms with Crippen LogP contribution in [0, 0.1) is 0 Å². The van der Waals surface area contributed by atoms with Crippen molar-refractivity contribution < 1.29 is 14.3 Å². The summed E-state index contributed by atoms with van der Waals surface area (Å²) in [5.41, 5.74) is 4.08. The highest BCUT2D eigenvalue weighted by Crippen LogP contribution is 2.30. The second-order valence-corrected chi connectivity index (χ2v) is 4.77. The second kappa shape index (κ2) is 6.26. The van der Waals surface area contributed by atoms with E-state index in [1.807, 2.05) is 31.2 Å². The number of carbonyl (C=O) groups is 1. The molecule has 0 saturated carbocycles. The van der Waals surface area contributed by atoms with E-state index in [4.69, 9.17) is 9.47 Å². The maximum atomic E-state index is 12.1. The van der Waals surface area contributed by atoms with Crippen molar-refractivity contribution in [1.82, 2.24) is 10.4 Å². The number of benzene rings is 1. The van der Waals surface area contributed by atoms with Crippen molar-refractivity contribution in [3.8, 4) is 11.5 Å². The van der Waals surface area contributed by atoms with Crippen LogP contribution in [0.3, 0.4) is 0 Å². The Hall–Kier alpha value is -2.89. The molecule has 112 valence electrons. The Morgan fingerprint density at radius 2 is 1.95 bits per heavy atom. The molecule has 1 aromatic heterocycles. The maximum absolute atomic E-state index is 12.1. The minimum absolute atomic E-state index is 0.159. The SMILES string of the molecule is CC(=NNC(=O)C1COc2ccccc2O1)c1ccncc1. The summed E-state index contributed by atoms with van der Waals surface area (Å²) >= 11 is 0. The summed E-state index contributed by atoms with van der Waals surface area (Å²) in [5.74, 6) is 0.856. The van der Waals surface area contributed by atoms with Crippen LogP contribution in [0.15, 0.2) is 53.9 Å². The molecule has 6 heteroatoms. The molecule has 1 aromatic carbocycles. The molecule has 0 bridgehead atoms. The summed E-state index contributed by atoms with van der Waals surface area (Å²) in [6.45, 7) is 1.97. The Bertz CT molecular complexity index is 701. The zero-order chi connectivity index (χ0) is 15.4. The van der Waals surface area contributed by atoms with Crippen molar-refractivity contribution in [3.05, 3.63) is 54.4 Å². The fourth-order valence-electron chi connectivity index (χ4n) is 2.02. The molecule has 1 unspecified atom stereocenters. The molecule has 0 radical (unpaired) electrons. The number of rotatable bonds is 3. The van der Waals surface area contributed by atoms with E-state index in [0.29, 0.717) is 17.2 Å². The number of amides is 1. The number of aromatic nitrogens is 1. The van der Waals surface area contributed by atoms with E-state index in [1.54, 1.807) is 24.5 Å². The van der Waals surface area contributed by atoms with Gasteiger partial charge in [-0.25, -0.2) is 5.43 Å². The quantitative estimate of drug-likeness (QED) is 0.692. The molecule has 1 aliphatic rings. The van der Waals surface area contributed by atoms with E-state index in [-0.39, 0.29) is 12.5 Å². The topological polar surface area (TPSA) is 72.8 Å². The Balaban J connectivity index is 1.64.